The molecule has 0 aromatic carbocycles. The van der Waals surface area contributed by atoms with Gasteiger partial charge in [-0.05, 0) is 23.8 Å². The zero-order chi connectivity index (χ0) is 10.4. The van der Waals surface area contributed by atoms with E-state index >= 15 is 0 Å². The third-order valence-electron chi connectivity index (χ3n) is 2.50. The van der Waals surface area contributed by atoms with Gasteiger partial charge < -0.3 is 0 Å². The summed E-state index contributed by atoms with van der Waals surface area (Å²) in [6.07, 6.45) is 10.4. The number of rotatable bonds is 5. The van der Waals surface area contributed by atoms with E-state index in [0.717, 1.165) is 6.42 Å². The molecular weight excluding hydrogens is 172 g/mol. The van der Waals surface area contributed by atoms with E-state index in [1.807, 2.05) is 12.4 Å². The molecule has 0 saturated heterocycles. The smallest absolute Gasteiger partial charge is 0.115 e. The first kappa shape index (κ1) is 11.2. The SMILES string of the molecule is CCCCC(C)(C)Cc1cncnc1. The largest absolute Gasteiger partial charge is 0.245 e. The van der Waals surface area contributed by atoms with Crippen LogP contribution >= 0.6 is 0 Å². The van der Waals surface area contributed by atoms with Crippen LogP contribution < -0.4 is 0 Å². The molecule has 2 heteroatoms. The summed E-state index contributed by atoms with van der Waals surface area (Å²) in [5, 5.41) is 0. The molecule has 0 aliphatic rings. The van der Waals surface area contributed by atoms with Gasteiger partial charge in [0.25, 0.3) is 0 Å². The van der Waals surface area contributed by atoms with E-state index < -0.39 is 0 Å². The molecular formula is C12H20N2. The number of nitrogens with zero attached hydrogens (tertiary/aromatic N) is 2. The Morgan fingerprint density at radius 2 is 1.86 bits per heavy atom. The van der Waals surface area contributed by atoms with E-state index in [2.05, 4.69) is 30.7 Å². The lowest BCUT2D eigenvalue weighted by atomic mass is 9.82. The third-order valence-corrected chi connectivity index (χ3v) is 2.50. The van der Waals surface area contributed by atoms with Gasteiger partial charge in [0.1, 0.15) is 6.33 Å². The molecule has 0 aliphatic heterocycles. The molecule has 1 aromatic rings. The average Bonchev–Trinajstić information content (AvgIpc) is 2.16. The molecule has 0 bridgehead atoms. The molecule has 1 aromatic heterocycles. The number of aromatic nitrogens is 2. The Bertz CT molecular complexity index is 254. The second kappa shape index (κ2) is 5.08. The van der Waals surface area contributed by atoms with E-state index in [4.69, 9.17) is 0 Å². The first-order chi connectivity index (χ1) is 6.64. The Kier molecular flexibility index (Phi) is 4.05. The molecule has 0 spiro atoms. The zero-order valence-electron chi connectivity index (χ0n) is 9.45. The van der Waals surface area contributed by atoms with Crippen molar-refractivity contribution < 1.29 is 0 Å². The van der Waals surface area contributed by atoms with Crippen LogP contribution in [0.5, 0.6) is 0 Å². The van der Waals surface area contributed by atoms with Gasteiger partial charge in [-0.15, -0.1) is 0 Å². The van der Waals surface area contributed by atoms with Crippen molar-refractivity contribution in [2.24, 2.45) is 5.41 Å². The van der Waals surface area contributed by atoms with E-state index in [0.29, 0.717) is 5.41 Å². The van der Waals surface area contributed by atoms with Crippen molar-refractivity contribution in [3.05, 3.63) is 24.3 Å². The average molecular weight is 192 g/mol. The summed E-state index contributed by atoms with van der Waals surface area (Å²) < 4.78 is 0. The van der Waals surface area contributed by atoms with Crippen molar-refractivity contribution in [3.63, 3.8) is 0 Å². The summed E-state index contributed by atoms with van der Waals surface area (Å²) in [6.45, 7) is 6.87. The highest BCUT2D eigenvalue weighted by molar-refractivity contribution is 5.05. The van der Waals surface area contributed by atoms with Crippen LogP contribution in [0.25, 0.3) is 0 Å². The standard InChI is InChI=1S/C12H20N2/c1-4-5-6-12(2,3)7-11-8-13-10-14-9-11/h8-10H,4-7H2,1-3H3. The summed E-state index contributed by atoms with van der Waals surface area (Å²) in [6, 6.07) is 0. The van der Waals surface area contributed by atoms with Gasteiger partial charge in [-0.25, -0.2) is 9.97 Å². The van der Waals surface area contributed by atoms with Gasteiger partial charge in [0.2, 0.25) is 0 Å². The molecule has 0 fully saturated rings. The summed E-state index contributed by atoms with van der Waals surface area (Å²) >= 11 is 0. The highest BCUT2D eigenvalue weighted by Gasteiger charge is 2.17. The zero-order valence-corrected chi connectivity index (χ0v) is 9.45. The number of hydrogen-bond acceptors (Lipinski definition) is 2. The molecule has 0 amide bonds. The minimum absolute atomic E-state index is 0.376. The normalized spacial score (nSPS) is 11.6. The van der Waals surface area contributed by atoms with E-state index in [9.17, 15) is 0 Å². The van der Waals surface area contributed by atoms with Crippen molar-refractivity contribution in [1.29, 1.82) is 0 Å². The molecule has 14 heavy (non-hydrogen) atoms. The molecule has 1 rings (SSSR count). The van der Waals surface area contributed by atoms with E-state index in [1.54, 1.807) is 6.33 Å². The molecule has 0 saturated carbocycles. The van der Waals surface area contributed by atoms with Gasteiger partial charge >= 0.3 is 0 Å². The monoisotopic (exact) mass is 192 g/mol. The van der Waals surface area contributed by atoms with Crippen LogP contribution in [0.3, 0.4) is 0 Å². The fourth-order valence-electron chi connectivity index (χ4n) is 1.72. The lowest BCUT2D eigenvalue weighted by Crippen LogP contribution is -2.15. The maximum Gasteiger partial charge on any atom is 0.115 e. The fourth-order valence-corrected chi connectivity index (χ4v) is 1.72. The second-order valence-electron chi connectivity index (χ2n) is 4.69. The Morgan fingerprint density at radius 3 is 2.43 bits per heavy atom. The van der Waals surface area contributed by atoms with Gasteiger partial charge in [-0.2, -0.15) is 0 Å². The predicted octanol–water partition coefficient (Wildman–Crippen LogP) is 3.24. The van der Waals surface area contributed by atoms with Crippen LogP contribution in [0.4, 0.5) is 0 Å². The molecule has 0 radical (unpaired) electrons. The van der Waals surface area contributed by atoms with Crippen LogP contribution in [0.15, 0.2) is 18.7 Å². The highest BCUT2D eigenvalue weighted by atomic mass is 14.8. The van der Waals surface area contributed by atoms with E-state index in [1.165, 1.54) is 24.8 Å². The lowest BCUT2D eigenvalue weighted by Gasteiger charge is -2.24. The summed E-state index contributed by atoms with van der Waals surface area (Å²) in [5.74, 6) is 0. The van der Waals surface area contributed by atoms with Crippen LogP contribution in [-0.4, -0.2) is 9.97 Å². The maximum absolute atomic E-state index is 4.04. The Hall–Kier alpha value is -0.920. The van der Waals surface area contributed by atoms with Gasteiger partial charge in [0, 0.05) is 12.4 Å². The number of hydrogen-bond donors (Lipinski definition) is 0. The quantitative estimate of drug-likeness (QED) is 0.715. The fraction of sp³-hybridized carbons (Fsp3) is 0.667. The van der Waals surface area contributed by atoms with Crippen LogP contribution in [0.2, 0.25) is 0 Å². The van der Waals surface area contributed by atoms with Gasteiger partial charge in [-0.3, -0.25) is 0 Å². The van der Waals surface area contributed by atoms with Crippen molar-refractivity contribution in [3.8, 4) is 0 Å². The Balaban J connectivity index is 2.50. The van der Waals surface area contributed by atoms with Crippen LogP contribution in [0, 0.1) is 5.41 Å². The topological polar surface area (TPSA) is 25.8 Å². The molecule has 78 valence electrons. The number of unbranched alkanes of at least 4 members (excludes halogenated alkanes) is 1. The van der Waals surface area contributed by atoms with Gasteiger partial charge in [-0.1, -0.05) is 33.6 Å². The summed E-state index contributed by atoms with van der Waals surface area (Å²) in [7, 11) is 0. The molecule has 1 heterocycles. The van der Waals surface area contributed by atoms with E-state index in [-0.39, 0.29) is 0 Å². The molecule has 2 nitrogen and oxygen atoms in total. The lowest BCUT2D eigenvalue weighted by molar-refractivity contribution is 0.321. The van der Waals surface area contributed by atoms with Crippen LogP contribution in [-0.2, 0) is 6.42 Å². The third kappa shape index (κ3) is 3.86. The highest BCUT2D eigenvalue weighted by Crippen LogP contribution is 2.27. The van der Waals surface area contributed by atoms with Crippen LogP contribution in [0.1, 0.15) is 45.6 Å². The molecule has 0 aliphatic carbocycles. The first-order valence-electron chi connectivity index (χ1n) is 5.38. The Labute approximate surface area is 86.8 Å². The van der Waals surface area contributed by atoms with Crippen molar-refractivity contribution >= 4 is 0 Å². The first-order valence-corrected chi connectivity index (χ1v) is 5.38. The molecule has 0 atom stereocenters. The summed E-state index contributed by atoms with van der Waals surface area (Å²) in [4.78, 5) is 8.08. The maximum atomic E-state index is 4.04. The second-order valence-corrected chi connectivity index (χ2v) is 4.69. The van der Waals surface area contributed by atoms with Gasteiger partial charge in [0.15, 0.2) is 0 Å². The minimum Gasteiger partial charge on any atom is -0.245 e. The minimum atomic E-state index is 0.376. The van der Waals surface area contributed by atoms with Crippen molar-refractivity contribution in [2.45, 2.75) is 46.5 Å². The molecule has 0 N–H and O–H groups in total. The summed E-state index contributed by atoms with van der Waals surface area (Å²) in [5.41, 5.74) is 1.62. The Morgan fingerprint density at radius 1 is 1.21 bits per heavy atom. The molecule has 0 unspecified atom stereocenters. The van der Waals surface area contributed by atoms with Crippen molar-refractivity contribution in [1.82, 2.24) is 9.97 Å². The predicted molar refractivity (Wildman–Crippen MR) is 59.0 cm³/mol. The van der Waals surface area contributed by atoms with Crippen molar-refractivity contribution in [2.75, 3.05) is 0 Å². The van der Waals surface area contributed by atoms with Gasteiger partial charge in [0.05, 0.1) is 0 Å².